The molecule has 1 amide bonds. The average Bonchev–Trinajstić information content (AvgIpc) is 3.49. The third-order valence-electron chi connectivity index (χ3n) is 5.46. The van der Waals surface area contributed by atoms with Gasteiger partial charge in [0.05, 0.1) is 18.9 Å². The average molecular weight is 458 g/mol. The molecule has 2 aromatic carbocycles. The Morgan fingerprint density at radius 2 is 1.91 bits per heavy atom. The van der Waals surface area contributed by atoms with Crippen LogP contribution in [-0.4, -0.2) is 24.1 Å². The summed E-state index contributed by atoms with van der Waals surface area (Å²) in [5.74, 6) is 0.502. The SMILES string of the molecule is C=CC1CC1(NC(=O)OCc1ccccc1)P(=O)(Cc1ccccc1OC(C)C)OCC. The number of amides is 1. The predicted octanol–water partition coefficient (Wildman–Crippen LogP) is 6.12. The molecular weight excluding hydrogens is 425 g/mol. The highest BCUT2D eigenvalue weighted by molar-refractivity contribution is 7.60. The Morgan fingerprint density at radius 3 is 2.53 bits per heavy atom. The summed E-state index contributed by atoms with van der Waals surface area (Å²) >= 11 is 0. The first-order chi connectivity index (χ1) is 15.3. The first-order valence-corrected chi connectivity index (χ1v) is 12.7. The van der Waals surface area contributed by atoms with Crippen LogP contribution in [0.3, 0.4) is 0 Å². The highest BCUT2D eigenvalue weighted by Crippen LogP contribution is 2.73. The zero-order chi connectivity index (χ0) is 23.2. The Labute approximate surface area is 190 Å². The van der Waals surface area contributed by atoms with Crippen molar-refractivity contribution in [2.24, 2.45) is 5.92 Å². The molecule has 1 N–H and O–H groups in total. The minimum absolute atomic E-state index is 0.0236. The van der Waals surface area contributed by atoms with Crippen molar-refractivity contribution in [2.45, 2.75) is 51.3 Å². The van der Waals surface area contributed by atoms with E-state index in [9.17, 15) is 9.36 Å². The Bertz CT molecular complexity index is 977. The fourth-order valence-corrected chi connectivity index (χ4v) is 6.93. The summed E-state index contributed by atoms with van der Waals surface area (Å²) < 4.78 is 31.5. The van der Waals surface area contributed by atoms with Gasteiger partial charge in [0.2, 0.25) is 7.37 Å². The van der Waals surface area contributed by atoms with Crippen LogP contribution in [0.1, 0.15) is 38.3 Å². The Balaban J connectivity index is 1.82. The van der Waals surface area contributed by atoms with Crippen LogP contribution in [0, 0.1) is 5.92 Å². The molecule has 1 aliphatic rings. The van der Waals surface area contributed by atoms with Crippen LogP contribution >= 0.6 is 7.37 Å². The number of nitrogens with one attached hydrogen (secondary N) is 1. The fraction of sp³-hybridized carbons (Fsp3) is 0.400. The Morgan fingerprint density at radius 1 is 1.22 bits per heavy atom. The number of carbonyl (C=O) groups is 1. The molecule has 0 heterocycles. The van der Waals surface area contributed by atoms with Crippen molar-refractivity contribution in [1.29, 1.82) is 0 Å². The lowest BCUT2D eigenvalue weighted by Crippen LogP contribution is -2.39. The number of carbonyl (C=O) groups excluding carboxylic acids is 1. The van der Waals surface area contributed by atoms with Crippen molar-refractivity contribution in [2.75, 3.05) is 6.61 Å². The van der Waals surface area contributed by atoms with E-state index in [2.05, 4.69) is 11.9 Å². The molecule has 7 heteroatoms. The summed E-state index contributed by atoms with van der Waals surface area (Å²) in [5.41, 5.74) is 1.66. The third kappa shape index (κ3) is 5.43. The summed E-state index contributed by atoms with van der Waals surface area (Å²) in [6, 6.07) is 16.9. The van der Waals surface area contributed by atoms with Crippen molar-refractivity contribution in [3.05, 3.63) is 78.4 Å². The van der Waals surface area contributed by atoms with Crippen LogP contribution < -0.4 is 10.1 Å². The first-order valence-electron chi connectivity index (χ1n) is 10.9. The van der Waals surface area contributed by atoms with Gasteiger partial charge in [0, 0.05) is 11.5 Å². The van der Waals surface area contributed by atoms with Gasteiger partial charge in [-0.1, -0.05) is 54.6 Å². The van der Waals surface area contributed by atoms with Crippen LogP contribution in [0.5, 0.6) is 5.75 Å². The molecule has 172 valence electrons. The number of alkyl carbamates (subject to hydrolysis) is 1. The molecule has 1 saturated carbocycles. The van der Waals surface area contributed by atoms with E-state index in [0.29, 0.717) is 12.2 Å². The normalized spacial score (nSPS) is 21.4. The van der Waals surface area contributed by atoms with Crippen molar-refractivity contribution >= 4 is 13.5 Å². The number of para-hydroxylation sites is 1. The molecule has 3 atom stereocenters. The summed E-state index contributed by atoms with van der Waals surface area (Å²) in [6.07, 6.45) is 1.71. The number of ether oxygens (including phenoxy) is 2. The number of benzene rings is 2. The molecule has 2 aromatic rings. The topological polar surface area (TPSA) is 73.9 Å². The van der Waals surface area contributed by atoms with Gasteiger partial charge in [-0.2, -0.15) is 0 Å². The summed E-state index contributed by atoms with van der Waals surface area (Å²) in [5, 5.41) is 1.84. The molecule has 6 nitrogen and oxygen atoms in total. The van der Waals surface area contributed by atoms with E-state index in [1.807, 2.05) is 68.4 Å². The minimum Gasteiger partial charge on any atom is -0.491 e. The summed E-state index contributed by atoms with van der Waals surface area (Å²) in [7, 11) is -3.39. The van der Waals surface area contributed by atoms with E-state index in [1.165, 1.54) is 0 Å². The van der Waals surface area contributed by atoms with E-state index in [0.717, 1.165) is 11.1 Å². The van der Waals surface area contributed by atoms with Crippen LogP contribution in [0.25, 0.3) is 0 Å². The molecule has 0 aliphatic heterocycles. The molecule has 0 aromatic heterocycles. The molecule has 0 spiro atoms. The first kappa shape index (κ1) is 24.1. The third-order valence-corrected chi connectivity index (χ3v) is 8.73. The lowest BCUT2D eigenvalue weighted by Gasteiger charge is -2.29. The van der Waals surface area contributed by atoms with Gasteiger partial charge in [-0.25, -0.2) is 4.79 Å². The molecule has 32 heavy (non-hydrogen) atoms. The van der Waals surface area contributed by atoms with E-state index in [-0.39, 0.29) is 31.4 Å². The molecular formula is C25H32NO5P. The second-order valence-electron chi connectivity index (χ2n) is 8.18. The van der Waals surface area contributed by atoms with Gasteiger partial charge in [0.15, 0.2) is 0 Å². The summed E-state index contributed by atoms with van der Waals surface area (Å²) in [6.45, 7) is 9.94. The molecule has 3 unspecified atom stereocenters. The van der Waals surface area contributed by atoms with E-state index >= 15 is 0 Å². The van der Waals surface area contributed by atoms with Crippen molar-refractivity contribution < 1.29 is 23.4 Å². The minimum atomic E-state index is -3.39. The highest BCUT2D eigenvalue weighted by Gasteiger charge is 2.66. The van der Waals surface area contributed by atoms with Gasteiger partial charge >= 0.3 is 6.09 Å². The Kier molecular flexibility index (Phi) is 7.81. The van der Waals surface area contributed by atoms with Crippen LogP contribution in [0.2, 0.25) is 0 Å². The maximum Gasteiger partial charge on any atom is 0.408 e. The van der Waals surface area contributed by atoms with Gasteiger partial charge in [0.25, 0.3) is 0 Å². The highest BCUT2D eigenvalue weighted by atomic mass is 31.2. The zero-order valence-electron chi connectivity index (χ0n) is 19.0. The van der Waals surface area contributed by atoms with Crippen LogP contribution in [-0.2, 0) is 26.6 Å². The van der Waals surface area contributed by atoms with E-state index in [4.69, 9.17) is 14.0 Å². The molecule has 0 saturated heterocycles. The largest absolute Gasteiger partial charge is 0.491 e. The Hall–Kier alpha value is -2.56. The van der Waals surface area contributed by atoms with Gasteiger partial charge in [0.1, 0.15) is 17.6 Å². The lowest BCUT2D eigenvalue weighted by molar-refractivity contribution is 0.136. The van der Waals surface area contributed by atoms with Gasteiger partial charge in [-0.3, -0.25) is 4.57 Å². The summed E-state index contributed by atoms with van der Waals surface area (Å²) in [4.78, 5) is 12.7. The molecule has 1 aliphatic carbocycles. The van der Waals surface area contributed by atoms with Crippen LogP contribution in [0.4, 0.5) is 4.79 Å². The maximum atomic E-state index is 14.3. The van der Waals surface area contributed by atoms with Crippen molar-refractivity contribution in [3.63, 3.8) is 0 Å². The lowest BCUT2D eigenvalue weighted by atomic mass is 10.2. The number of rotatable bonds is 11. The molecule has 0 bridgehead atoms. The zero-order valence-corrected chi connectivity index (χ0v) is 19.8. The standard InChI is InChI=1S/C25H32NO5P/c1-5-22-16-25(22,26-24(27)29-17-20-12-8-7-9-13-20)32(28,30-6-2)18-21-14-10-11-15-23(21)31-19(3)4/h5,7-15,19,22H,1,6,16-18H2,2-4H3,(H,26,27). The van der Waals surface area contributed by atoms with Crippen molar-refractivity contribution in [3.8, 4) is 5.75 Å². The predicted molar refractivity (Wildman–Crippen MR) is 126 cm³/mol. The molecule has 0 radical (unpaired) electrons. The van der Waals surface area contributed by atoms with Crippen LogP contribution in [0.15, 0.2) is 67.3 Å². The maximum absolute atomic E-state index is 14.3. The van der Waals surface area contributed by atoms with E-state index < -0.39 is 18.7 Å². The number of hydrogen-bond donors (Lipinski definition) is 1. The van der Waals surface area contributed by atoms with Gasteiger partial charge < -0.3 is 19.3 Å². The van der Waals surface area contributed by atoms with E-state index in [1.54, 1.807) is 13.0 Å². The molecule has 1 fully saturated rings. The molecule has 3 rings (SSSR count). The second-order valence-corrected chi connectivity index (χ2v) is 10.9. The monoisotopic (exact) mass is 457 g/mol. The van der Waals surface area contributed by atoms with Gasteiger partial charge in [-0.15, -0.1) is 6.58 Å². The fourth-order valence-electron chi connectivity index (χ4n) is 3.85. The van der Waals surface area contributed by atoms with Crippen molar-refractivity contribution in [1.82, 2.24) is 5.32 Å². The second kappa shape index (κ2) is 10.4. The quantitative estimate of drug-likeness (QED) is 0.325. The van der Waals surface area contributed by atoms with Gasteiger partial charge in [-0.05, 0) is 38.8 Å². The smallest absolute Gasteiger partial charge is 0.408 e. The number of hydrogen-bond acceptors (Lipinski definition) is 5.